The molecule has 4 rings (SSSR count). The van der Waals surface area contributed by atoms with Crippen molar-refractivity contribution in [3.63, 3.8) is 0 Å². The minimum absolute atomic E-state index is 0.291. The van der Waals surface area contributed by atoms with Crippen molar-refractivity contribution < 1.29 is 9.57 Å². The summed E-state index contributed by atoms with van der Waals surface area (Å²) in [6.07, 6.45) is 4.92. The third-order valence-electron chi connectivity index (χ3n) is 6.16. The zero-order valence-corrected chi connectivity index (χ0v) is 23.0. The van der Waals surface area contributed by atoms with Crippen molar-refractivity contribution in [1.29, 1.82) is 0 Å². The molecule has 0 aliphatic heterocycles. The molecule has 37 heavy (non-hydrogen) atoms. The molecule has 0 N–H and O–H groups in total. The minimum atomic E-state index is -1.78. The van der Waals surface area contributed by atoms with Crippen LogP contribution in [0.4, 0.5) is 0 Å². The first-order valence-corrected chi connectivity index (χ1v) is 14.9. The summed E-state index contributed by atoms with van der Waals surface area (Å²) in [5.41, 5.74) is 0.695. The summed E-state index contributed by atoms with van der Waals surface area (Å²) in [7, 11) is -1.78. The van der Waals surface area contributed by atoms with Crippen molar-refractivity contribution in [2.75, 3.05) is 12.8 Å². The largest absolute Gasteiger partial charge is 0.494 e. The number of unbranched alkanes of at least 4 members (excludes halogenated alkanes) is 1. The quantitative estimate of drug-likeness (QED) is 0.0942. The molecule has 4 heteroatoms. The normalized spacial score (nSPS) is 12.0. The van der Waals surface area contributed by atoms with Crippen LogP contribution >= 0.6 is 7.26 Å². The lowest BCUT2D eigenvalue weighted by molar-refractivity contribution is 0.00199. The fourth-order valence-electron chi connectivity index (χ4n) is 4.42. The van der Waals surface area contributed by atoms with E-state index in [-0.39, 0.29) is 5.60 Å². The number of nitrogens with zero attached hydrogens (tertiary/aromatic N) is 1. The van der Waals surface area contributed by atoms with Gasteiger partial charge in [-0.1, -0.05) is 59.8 Å². The molecule has 3 nitrogen and oxygen atoms in total. The van der Waals surface area contributed by atoms with Crippen LogP contribution in [0.2, 0.25) is 0 Å². The van der Waals surface area contributed by atoms with Crippen molar-refractivity contribution in [1.82, 2.24) is 0 Å². The van der Waals surface area contributed by atoms with E-state index in [1.807, 2.05) is 45.0 Å². The van der Waals surface area contributed by atoms with Gasteiger partial charge in [0, 0.05) is 0 Å². The maximum Gasteiger partial charge on any atom is 0.129 e. The molecule has 4 aromatic carbocycles. The van der Waals surface area contributed by atoms with E-state index in [1.54, 1.807) is 6.21 Å². The highest BCUT2D eigenvalue weighted by atomic mass is 31.2. The average Bonchev–Trinajstić information content (AvgIpc) is 2.92. The highest BCUT2D eigenvalue weighted by Gasteiger charge is 2.44. The smallest absolute Gasteiger partial charge is 0.129 e. The summed E-state index contributed by atoms with van der Waals surface area (Å²) >= 11 is 0. The first kappa shape index (κ1) is 26.6. The zero-order valence-electron chi connectivity index (χ0n) is 22.1. The summed E-state index contributed by atoms with van der Waals surface area (Å²) in [5, 5.41) is 8.36. The Morgan fingerprint density at radius 1 is 0.649 bits per heavy atom. The van der Waals surface area contributed by atoms with Crippen LogP contribution in [0.3, 0.4) is 0 Å². The fraction of sp³-hybridized carbons (Fsp3) is 0.242. The van der Waals surface area contributed by atoms with Gasteiger partial charge in [-0.05, 0) is 99.8 Å². The first-order chi connectivity index (χ1) is 18.0. The Bertz CT molecular complexity index is 1140. The molecule has 0 heterocycles. The Morgan fingerprint density at radius 3 is 1.59 bits per heavy atom. The number of rotatable bonds is 11. The Morgan fingerprint density at radius 2 is 1.14 bits per heavy atom. The van der Waals surface area contributed by atoms with Crippen LogP contribution in [0.25, 0.3) is 0 Å². The van der Waals surface area contributed by atoms with Gasteiger partial charge in [-0.25, -0.2) is 0 Å². The molecule has 0 unspecified atom stereocenters. The van der Waals surface area contributed by atoms with Gasteiger partial charge in [0.1, 0.15) is 34.5 Å². The molecule has 0 spiro atoms. The van der Waals surface area contributed by atoms with Gasteiger partial charge in [0.2, 0.25) is 0 Å². The fourth-order valence-corrected chi connectivity index (χ4v) is 8.83. The topological polar surface area (TPSA) is 30.8 Å². The van der Waals surface area contributed by atoms with E-state index in [9.17, 15) is 0 Å². The Hall–Kier alpha value is -3.42. The molecule has 4 aromatic rings. The maximum atomic E-state index is 6.09. The standard InChI is InChI=1S/C33H37NO2P/c1-33(2,3)36-34-27-28-21-23-29(24-22-28)35-25-13-14-26-37(30-15-7-4-8-16-30,31-17-9-5-10-18-31)32-19-11-6-12-20-32/h4-12,15-24,27H,13-14,25-26H2,1-3H3/q+1. The van der Waals surface area contributed by atoms with E-state index in [0.717, 1.165) is 30.3 Å². The molecule has 0 saturated heterocycles. The van der Waals surface area contributed by atoms with Gasteiger partial charge < -0.3 is 9.57 Å². The molecule has 0 aromatic heterocycles. The molecule has 190 valence electrons. The van der Waals surface area contributed by atoms with Gasteiger partial charge in [-0.2, -0.15) is 0 Å². The second-order valence-electron chi connectivity index (χ2n) is 10.1. The van der Waals surface area contributed by atoms with Crippen LogP contribution in [0.5, 0.6) is 5.75 Å². The Kier molecular flexibility index (Phi) is 9.14. The average molecular weight is 511 g/mol. The van der Waals surface area contributed by atoms with Gasteiger partial charge in [0.05, 0.1) is 19.0 Å². The van der Waals surface area contributed by atoms with E-state index in [2.05, 4.69) is 96.2 Å². The third kappa shape index (κ3) is 7.31. The van der Waals surface area contributed by atoms with E-state index >= 15 is 0 Å². The van der Waals surface area contributed by atoms with Crippen molar-refractivity contribution in [3.8, 4) is 5.75 Å². The summed E-state index contributed by atoms with van der Waals surface area (Å²) in [5.74, 6) is 0.879. The molecule has 0 bridgehead atoms. The Labute approximate surface area is 222 Å². The molecule has 0 aliphatic carbocycles. The number of hydrogen-bond donors (Lipinski definition) is 0. The number of oxime groups is 1. The number of benzene rings is 4. The molecule has 0 radical (unpaired) electrons. The lowest BCUT2D eigenvalue weighted by Gasteiger charge is -2.27. The van der Waals surface area contributed by atoms with E-state index in [4.69, 9.17) is 9.57 Å². The van der Waals surface area contributed by atoms with Crippen LogP contribution in [0.15, 0.2) is 120 Å². The monoisotopic (exact) mass is 510 g/mol. The lowest BCUT2D eigenvalue weighted by Crippen LogP contribution is -2.33. The molecule has 0 saturated carbocycles. The predicted octanol–water partition coefficient (Wildman–Crippen LogP) is 6.99. The van der Waals surface area contributed by atoms with Gasteiger partial charge >= 0.3 is 0 Å². The van der Waals surface area contributed by atoms with Gasteiger partial charge in [0.25, 0.3) is 0 Å². The SMILES string of the molecule is CC(C)(C)ON=Cc1ccc(OCCCC[P+](c2ccccc2)(c2ccccc2)c2ccccc2)cc1. The molecular weight excluding hydrogens is 473 g/mol. The molecule has 0 atom stereocenters. The van der Waals surface area contributed by atoms with E-state index in [1.165, 1.54) is 15.9 Å². The van der Waals surface area contributed by atoms with Gasteiger partial charge in [0.15, 0.2) is 0 Å². The van der Waals surface area contributed by atoms with Crippen molar-refractivity contribution in [3.05, 3.63) is 121 Å². The van der Waals surface area contributed by atoms with Crippen LogP contribution < -0.4 is 20.7 Å². The second kappa shape index (κ2) is 12.7. The van der Waals surface area contributed by atoms with Crippen molar-refractivity contribution >= 4 is 29.4 Å². The van der Waals surface area contributed by atoms with Crippen molar-refractivity contribution in [2.45, 2.75) is 39.2 Å². The van der Waals surface area contributed by atoms with Crippen LogP contribution in [-0.2, 0) is 4.84 Å². The summed E-state index contributed by atoms with van der Waals surface area (Å²) < 4.78 is 6.09. The summed E-state index contributed by atoms with van der Waals surface area (Å²) in [6, 6.07) is 41.2. The third-order valence-corrected chi connectivity index (χ3v) is 10.7. The summed E-state index contributed by atoms with van der Waals surface area (Å²) in [6.45, 7) is 6.63. The van der Waals surface area contributed by atoms with Crippen molar-refractivity contribution in [2.24, 2.45) is 5.16 Å². The highest BCUT2D eigenvalue weighted by molar-refractivity contribution is 7.95. The predicted molar refractivity (Wildman–Crippen MR) is 160 cm³/mol. The molecule has 0 aliphatic rings. The second-order valence-corrected chi connectivity index (χ2v) is 13.7. The lowest BCUT2D eigenvalue weighted by atomic mass is 10.2. The first-order valence-electron chi connectivity index (χ1n) is 13.0. The molecule has 0 amide bonds. The van der Waals surface area contributed by atoms with Gasteiger partial charge in [-0.15, -0.1) is 0 Å². The zero-order chi connectivity index (χ0) is 26.0. The van der Waals surface area contributed by atoms with Gasteiger partial charge in [-0.3, -0.25) is 0 Å². The summed E-state index contributed by atoms with van der Waals surface area (Å²) in [4.78, 5) is 5.42. The minimum Gasteiger partial charge on any atom is -0.494 e. The molecular formula is C33H37NO2P+. The Balaban J connectivity index is 1.43. The number of ether oxygens (including phenoxy) is 1. The maximum absolute atomic E-state index is 6.09. The highest BCUT2D eigenvalue weighted by Crippen LogP contribution is 2.55. The molecule has 0 fully saturated rings. The van der Waals surface area contributed by atoms with Crippen LogP contribution in [0, 0.1) is 0 Å². The van der Waals surface area contributed by atoms with E-state index < -0.39 is 7.26 Å². The van der Waals surface area contributed by atoms with Crippen LogP contribution in [0.1, 0.15) is 39.2 Å². The van der Waals surface area contributed by atoms with E-state index in [0.29, 0.717) is 6.61 Å². The number of hydrogen-bond acceptors (Lipinski definition) is 3. The van der Waals surface area contributed by atoms with Crippen LogP contribution in [-0.4, -0.2) is 24.6 Å².